The maximum atomic E-state index is 6.77. The standard InChI is InChI=1S/C13H8Cl.C4H10N.2CH3.2ClH.H2Si.Zr/c14-11-5-6-13-10(8-11)7-9-3-1-2-4-12(9)13;1-4(2,3)5;;;;;;/h1-6H,7H2;5H,1-3H3;2*1H3;2*1H;1H2;/q;-1;;;;;;+1. The van der Waals surface area contributed by atoms with Gasteiger partial charge in [0.05, 0.1) is 0 Å². The number of hydrogen-bond acceptors (Lipinski definition) is 1. The number of nitrogens with one attached hydrogen (secondary N) is 1. The second-order valence-corrected chi connectivity index (χ2v) is 36.8. The molecule has 0 fully saturated rings. The Kier molecular flexibility index (Phi) is 6.94. The van der Waals surface area contributed by atoms with Crippen LogP contribution in [0.25, 0.3) is 11.1 Å². The van der Waals surface area contributed by atoms with Gasteiger partial charge in [0.25, 0.3) is 0 Å². The summed E-state index contributed by atoms with van der Waals surface area (Å²) in [5.41, 5.74) is 5.74. The molecule has 1 nitrogen and oxygen atoms in total. The van der Waals surface area contributed by atoms with Crippen molar-refractivity contribution in [1.82, 2.24) is 3.26 Å². The third-order valence-electron chi connectivity index (χ3n) is 4.51. The van der Waals surface area contributed by atoms with Crippen LogP contribution in [0.4, 0.5) is 0 Å². The van der Waals surface area contributed by atoms with Gasteiger partial charge in [-0.1, -0.05) is 0 Å². The first-order chi connectivity index (χ1) is 10.5. The van der Waals surface area contributed by atoms with Crippen LogP contribution in [0.1, 0.15) is 31.9 Å². The molecule has 0 bridgehead atoms. The summed E-state index contributed by atoms with van der Waals surface area (Å²) in [5, 5.41) is 0.943. The van der Waals surface area contributed by atoms with E-state index in [-0.39, 0.29) is 30.4 Å². The van der Waals surface area contributed by atoms with E-state index in [1.807, 2.05) is 0 Å². The monoisotopic (exact) mass is 493 g/mol. The van der Waals surface area contributed by atoms with Gasteiger partial charge < -0.3 is 0 Å². The average Bonchev–Trinajstić information content (AvgIpc) is 2.71. The van der Waals surface area contributed by atoms with Gasteiger partial charge in [0.2, 0.25) is 0 Å². The second-order valence-electron chi connectivity index (χ2n) is 8.84. The van der Waals surface area contributed by atoms with Gasteiger partial charge in [-0.15, -0.1) is 24.8 Å². The van der Waals surface area contributed by atoms with Gasteiger partial charge >= 0.3 is 148 Å². The molecule has 0 saturated carbocycles. The summed E-state index contributed by atoms with van der Waals surface area (Å²) in [6, 6.07) is 13.1. The van der Waals surface area contributed by atoms with Crippen molar-refractivity contribution in [1.29, 1.82) is 0 Å². The molecule has 138 valence electrons. The fourth-order valence-electron chi connectivity index (χ4n) is 4.31. The van der Waals surface area contributed by atoms with Gasteiger partial charge in [0.15, 0.2) is 0 Å². The van der Waals surface area contributed by atoms with Gasteiger partial charge in [-0.2, -0.15) is 0 Å². The quantitative estimate of drug-likeness (QED) is 0.492. The Morgan fingerprint density at radius 3 is 2.20 bits per heavy atom. The van der Waals surface area contributed by atoms with E-state index in [1.165, 1.54) is 25.5 Å². The van der Waals surface area contributed by atoms with E-state index < -0.39 is 17.7 Å². The smallest absolute Gasteiger partial charge is 0.147 e. The minimum Gasteiger partial charge on any atom is -0.147 e. The van der Waals surface area contributed by atoms with E-state index in [1.54, 1.807) is 0 Å². The number of hydrogen-bond donors (Lipinski definition) is 1. The molecule has 1 aliphatic rings. The molecule has 0 radical (unpaired) electrons. The number of benzene rings is 2. The van der Waals surface area contributed by atoms with E-state index >= 15 is 0 Å². The minimum absolute atomic E-state index is 0. The number of halogens is 3. The molecule has 0 spiro atoms. The topological polar surface area (TPSA) is 12.0 Å². The molecule has 6 heteroatoms. The van der Waals surface area contributed by atoms with Crippen LogP contribution in [-0.4, -0.2) is 12.4 Å². The van der Waals surface area contributed by atoms with Gasteiger partial charge in [-0.25, -0.2) is 0 Å². The number of rotatable bonds is 2. The molecular formula is C19H28Cl3NSiZr. The molecule has 1 aliphatic carbocycles. The molecule has 0 aromatic heterocycles. The van der Waals surface area contributed by atoms with Crippen LogP contribution in [0, 0.1) is 0 Å². The van der Waals surface area contributed by atoms with Crippen molar-refractivity contribution in [2.45, 2.75) is 42.0 Å². The summed E-state index contributed by atoms with van der Waals surface area (Å²) in [5.74, 6) is 0. The molecule has 25 heavy (non-hydrogen) atoms. The summed E-state index contributed by atoms with van der Waals surface area (Å²) >= 11 is 3.45. The summed E-state index contributed by atoms with van der Waals surface area (Å²) < 4.78 is 10.4. The van der Waals surface area contributed by atoms with Gasteiger partial charge in [-0.05, 0) is 0 Å². The zero-order chi connectivity index (χ0) is 17.1. The summed E-state index contributed by atoms with van der Waals surface area (Å²) in [7, 11) is 0. The Morgan fingerprint density at radius 1 is 1.00 bits per heavy atom. The third-order valence-corrected chi connectivity index (χ3v) is 17.5. The van der Waals surface area contributed by atoms with Crippen molar-refractivity contribution in [3.05, 3.63) is 52.5 Å². The maximum absolute atomic E-state index is 6.77. The van der Waals surface area contributed by atoms with E-state index in [0.29, 0.717) is 0 Å². The first kappa shape index (κ1) is 23.4. The van der Waals surface area contributed by atoms with E-state index in [0.717, 1.165) is 11.4 Å². The van der Waals surface area contributed by atoms with Crippen LogP contribution >= 0.6 is 36.4 Å². The Morgan fingerprint density at radius 2 is 1.60 bits per heavy atom. The minimum atomic E-state index is -3.32. The van der Waals surface area contributed by atoms with Crippen LogP contribution in [0.2, 0.25) is 14.3 Å². The van der Waals surface area contributed by atoms with Gasteiger partial charge in [0, 0.05) is 0 Å². The molecule has 2 aromatic carbocycles. The molecule has 0 aliphatic heterocycles. The summed E-state index contributed by atoms with van der Waals surface area (Å²) in [6.45, 7) is 8.97. The summed E-state index contributed by atoms with van der Waals surface area (Å²) in [4.78, 5) is 0. The van der Waals surface area contributed by atoms with Crippen LogP contribution in [0.3, 0.4) is 0 Å². The first-order valence-corrected chi connectivity index (χ1v) is 21.9. The van der Waals surface area contributed by atoms with Gasteiger partial charge in [0.1, 0.15) is 0 Å². The SMILES string of the molecule is CC(C)(C)[NH][Zr]([CH3])([CH3])(=[SiH2])[c]1c(Cl)ccc2c1Cc1ccccc1-2.Cl.Cl. The van der Waals surface area contributed by atoms with Crippen molar-refractivity contribution >= 4 is 46.6 Å². The normalized spacial score (nSPS) is 13.4. The van der Waals surface area contributed by atoms with Crippen LogP contribution in [0.15, 0.2) is 36.4 Å². The Bertz CT molecular complexity index is 865. The van der Waals surface area contributed by atoms with Gasteiger partial charge in [-0.3, -0.25) is 0 Å². The molecule has 0 amide bonds. The second kappa shape index (κ2) is 7.41. The van der Waals surface area contributed by atoms with Crippen molar-refractivity contribution in [3.8, 4) is 11.1 Å². The van der Waals surface area contributed by atoms with Crippen molar-refractivity contribution in [2.75, 3.05) is 0 Å². The molecule has 0 saturated heterocycles. The molecule has 1 N–H and O–H groups in total. The Balaban J connectivity index is 0.00000156. The molecule has 3 rings (SSSR count). The molecule has 0 heterocycles. The van der Waals surface area contributed by atoms with E-state index in [9.17, 15) is 0 Å². The maximum Gasteiger partial charge on any atom is -0.147 e. The van der Waals surface area contributed by atoms with Crippen molar-refractivity contribution < 1.29 is 17.7 Å². The predicted octanol–water partition coefficient (Wildman–Crippen LogP) is 5.02. The third kappa shape index (κ3) is 4.62. The zero-order valence-corrected chi connectivity index (χ0v) is 21.8. The largest absolute Gasteiger partial charge is 0.147 e. The van der Waals surface area contributed by atoms with Crippen LogP contribution in [-0.2, 0) is 24.1 Å². The fourth-order valence-corrected chi connectivity index (χ4v) is 23.7. The number of fused-ring (bicyclic) bond motifs is 3. The fraction of sp³-hybridized carbons (Fsp3) is 0.368. The molecule has 0 unspecified atom stereocenters. The van der Waals surface area contributed by atoms with Crippen molar-refractivity contribution in [2.24, 2.45) is 0 Å². The van der Waals surface area contributed by atoms with Crippen LogP contribution in [0.5, 0.6) is 0 Å². The van der Waals surface area contributed by atoms with Crippen molar-refractivity contribution in [3.63, 3.8) is 0 Å². The molecule has 2 aromatic rings. The predicted molar refractivity (Wildman–Crippen MR) is 117 cm³/mol. The Hall–Kier alpha value is 0.370. The Labute approximate surface area is 172 Å². The zero-order valence-electron chi connectivity index (χ0n) is 15.6. The summed E-state index contributed by atoms with van der Waals surface area (Å²) in [6.07, 6.45) is 1.01. The first-order valence-electron chi connectivity index (χ1n) is 8.24. The molecule has 0 atom stereocenters. The molecular weight excluding hydrogens is 468 g/mol. The van der Waals surface area contributed by atoms with Crippen LogP contribution < -0.4 is 6.53 Å². The van der Waals surface area contributed by atoms with E-state index in [4.69, 9.17) is 11.6 Å². The average molecular weight is 496 g/mol. The van der Waals surface area contributed by atoms with E-state index in [2.05, 4.69) is 76.6 Å².